The van der Waals surface area contributed by atoms with Crippen LogP contribution < -0.4 is 5.32 Å². The number of fused-ring (bicyclic) bond motifs is 1. The number of rotatable bonds is 5. The van der Waals surface area contributed by atoms with Gasteiger partial charge in [-0.05, 0) is 47.6 Å². The van der Waals surface area contributed by atoms with E-state index in [-0.39, 0.29) is 42.3 Å². The summed E-state index contributed by atoms with van der Waals surface area (Å²) in [7, 11) is -1.44. The van der Waals surface area contributed by atoms with Gasteiger partial charge >= 0.3 is 18.2 Å². The molecule has 0 spiro atoms. The molecule has 1 aliphatic heterocycles. The number of carbonyl (C=O) groups is 3. The predicted octanol–water partition coefficient (Wildman–Crippen LogP) is 2.56. The van der Waals surface area contributed by atoms with Crippen molar-refractivity contribution in [3.63, 3.8) is 0 Å². The smallest absolute Gasteiger partial charge is 0.435 e. The molecule has 0 unspecified atom stereocenters. The molecule has 14 heteroatoms. The normalized spacial score (nSPS) is 14.5. The van der Waals surface area contributed by atoms with Crippen LogP contribution in [0.15, 0.2) is 17.2 Å². The molecule has 0 atom stereocenters. The summed E-state index contributed by atoms with van der Waals surface area (Å²) >= 11 is 0. The molecule has 2 aromatic rings. The summed E-state index contributed by atoms with van der Waals surface area (Å²) in [5.41, 5.74) is -0.161. The highest BCUT2D eigenvalue weighted by molar-refractivity contribution is 7.89. The van der Waals surface area contributed by atoms with Crippen LogP contribution >= 0.6 is 0 Å². The van der Waals surface area contributed by atoms with Gasteiger partial charge in [-0.1, -0.05) is 0 Å². The summed E-state index contributed by atoms with van der Waals surface area (Å²) in [6, 6.07) is 1.23. The SMILES string of the molecule is COC(=O)c1cc(S(=O)(=O)N2CCc3c(cnn3C(=O)OC(C)(C)C)C2)c(CNC(=O)OC(C)(C)C)n1C. The van der Waals surface area contributed by atoms with Crippen LogP contribution in [0.2, 0.25) is 0 Å². The molecular weight excluding hydrogens is 518 g/mol. The lowest BCUT2D eigenvalue weighted by molar-refractivity contribution is 0.0501. The fourth-order valence-electron chi connectivity index (χ4n) is 3.93. The molecule has 38 heavy (non-hydrogen) atoms. The second-order valence-electron chi connectivity index (χ2n) is 10.8. The van der Waals surface area contributed by atoms with Gasteiger partial charge in [-0.25, -0.2) is 22.8 Å². The number of nitrogens with zero attached hydrogens (tertiary/aromatic N) is 4. The average Bonchev–Trinajstić information content (AvgIpc) is 3.36. The molecule has 13 nitrogen and oxygen atoms in total. The molecular formula is C24H35N5O8S. The summed E-state index contributed by atoms with van der Waals surface area (Å²) in [5, 5.41) is 6.66. The van der Waals surface area contributed by atoms with Crippen molar-refractivity contribution in [2.45, 2.75) is 77.2 Å². The number of aromatic nitrogens is 3. The molecule has 0 saturated heterocycles. The van der Waals surface area contributed by atoms with Crippen LogP contribution in [0.1, 0.15) is 69.0 Å². The fraction of sp³-hybridized carbons (Fsp3) is 0.583. The minimum atomic E-state index is -4.14. The summed E-state index contributed by atoms with van der Waals surface area (Å²) in [6.07, 6.45) is 0.280. The first-order valence-corrected chi connectivity index (χ1v) is 13.4. The first kappa shape index (κ1) is 29.2. The summed E-state index contributed by atoms with van der Waals surface area (Å²) in [4.78, 5) is 37.0. The number of hydrogen-bond acceptors (Lipinski definition) is 9. The Labute approximate surface area is 222 Å². The molecule has 0 aromatic carbocycles. The van der Waals surface area contributed by atoms with Crippen molar-refractivity contribution in [1.82, 2.24) is 24.0 Å². The lowest BCUT2D eigenvalue weighted by Gasteiger charge is -2.27. The van der Waals surface area contributed by atoms with E-state index in [1.165, 1.54) is 35.3 Å². The summed E-state index contributed by atoms with van der Waals surface area (Å²) in [5.74, 6) is -0.730. The van der Waals surface area contributed by atoms with Gasteiger partial charge in [0, 0.05) is 32.1 Å². The van der Waals surface area contributed by atoms with Gasteiger partial charge in [0.25, 0.3) is 0 Å². The Bertz CT molecular complexity index is 1340. The maximum Gasteiger partial charge on any atom is 0.435 e. The van der Waals surface area contributed by atoms with E-state index in [1.54, 1.807) is 41.5 Å². The number of carbonyl (C=O) groups excluding carboxylic acids is 3. The quantitative estimate of drug-likeness (QED) is 0.435. The van der Waals surface area contributed by atoms with Crippen LogP contribution in [0.3, 0.4) is 0 Å². The largest absolute Gasteiger partial charge is 0.464 e. The van der Waals surface area contributed by atoms with Crippen LogP contribution in [0, 0.1) is 0 Å². The number of esters is 1. The molecule has 3 rings (SSSR count). The lowest BCUT2D eigenvalue weighted by atomic mass is 10.1. The van der Waals surface area contributed by atoms with Crippen molar-refractivity contribution in [2.24, 2.45) is 7.05 Å². The van der Waals surface area contributed by atoms with Crippen LogP contribution in [0.5, 0.6) is 0 Å². The molecule has 0 aliphatic carbocycles. The van der Waals surface area contributed by atoms with Crippen molar-refractivity contribution in [1.29, 1.82) is 0 Å². The second-order valence-corrected chi connectivity index (χ2v) is 12.8. The van der Waals surface area contributed by atoms with E-state index < -0.39 is 39.4 Å². The first-order valence-electron chi connectivity index (χ1n) is 12.0. The van der Waals surface area contributed by atoms with Crippen molar-refractivity contribution in [3.05, 3.63) is 34.9 Å². The minimum absolute atomic E-state index is 0.00232. The van der Waals surface area contributed by atoms with E-state index in [0.717, 1.165) is 4.68 Å². The Morgan fingerprint density at radius 3 is 2.29 bits per heavy atom. The zero-order valence-electron chi connectivity index (χ0n) is 22.9. The van der Waals surface area contributed by atoms with Gasteiger partial charge in [0.15, 0.2) is 0 Å². The molecule has 210 valence electrons. The van der Waals surface area contributed by atoms with Gasteiger partial charge in [0.05, 0.1) is 31.2 Å². The van der Waals surface area contributed by atoms with Crippen LogP contribution in [-0.2, 0) is 50.8 Å². The number of nitrogens with one attached hydrogen (secondary N) is 1. The Hall–Kier alpha value is -3.39. The van der Waals surface area contributed by atoms with Crippen LogP contribution in [0.25, 0.3) is 0 Å². The molecule has 1 aliphatic rings. The van der Waals surface area contributed by atoms with E-state index in [0.29, 0.717) is 11.3 Å². The minimum Gasteiger partial charge on any atom is -0.464 e. The third-order valence-corrected chi connectivity index (χ3v) is 7.50. The van der Waals surface area contributed by atoms with E-state index in [2.05, 4.69) is 10.4 Å². The Kier molecular flexibility index (Phi) is 7.99. The number of sulfonamides is 1. The highest BCUT2D eigenvalue weighted by Crippen LogP contribution is 2.29. The van der Waals surface area contributed by atoms with Gasteiger partial charge < -0.3 is 24.1 Å². The number of methoxy groups -OCH3 is 1. The van der Waals surface area contributed by atoms with E-state index in [4.69, 9.17) is 14.2 Å². The van der Waals surface area contributed by atoms with Crippen LogP contribution in [0.4, 0.5) is 9.59 Å². The molecule has 1 amide bonds. The van der Waals surface area contributed by atoms with Gasteiger partial charge in [0.2, 0.25) is 10.0 Å². The Balaban J connectivity index is 1.92. The number of hydrogen-bond donors (Lipinski definition) is 1. The highest BCUT2D eigenvalue weighted by atomic mass is 32.2. The number of amides is 1. The fourth-order valence-corrected chi connectivity index (χ4v) is 5.61. The first-order chi connectivity index (χ1) is 17.4. The summed E-state index contributed by atoms with van der Waals surface area (Å²) in [6.45, 7) is 10.1. The molecule has 1 N–H and O–H groups in total. The van der Waals surface area contributed by atoms with Crippen LogP contribution in [-0.4, -0.2) is 70.1 Å². The lowest BCUT2D eigenvalue weighted by Crippen LogP contribution is -2.38. The Morgan fingerprint density at radius 1 is 1.08 bits per heavy atom. The van der Waals surface area contributed by atoms with Gasteiger partial charge in [-0.15, -0.1) is 0 Å². The topological polar surface area (TPSA) is 151 Å². The zero-order valence-corrected chi connectivity index (χ0v) is 23.8. The molecule has 2 aromatic heterocycles. The van der Waals surface area contributed by atoms with Crippen molar-refractivity contribution >= 4 is 28.2 Å². The molecule has 0 saturated carbocycles. The van der Waals surface area contributed by atoms with Gasteiger partial charge in [0.1, 0.15) is 21.8 Å². The van der Waals surface area contributed by atoms with E-state index >= 15 is 0 Å². The second kappa shape index (κ2) is 10.4. The predicted molar refractivity (Wildman–Crippen MR) is 135 cm³/mol. The maximum atomic E-state index is 13.8. The highest BCUT2D eigenvalue weighted by Gasteiger charge is 2.36. The van der Waals surface area contributed by atoms with Crippen molar-refractivity contribution in [2.75, 3.05) is 13.7 Å². The molecule has 0 fully saturated rings. The zero-order chi connectivity index (χ0) is 28.6. The molecule has 0 radical (unpaired) electrons. The third kappa shape index (κ3) is 6.35. The van der Waals surface area contributed by atoms with Gasteiger partial charge in [-0.3, -0.25) is 0 Å². The Morgan fingerprint density at radius 2 is 1.71 bits per heavy atom. The van der Waals surface area contributed by atoms with E-state index in [9.17, 15) is 22.8 Å². The number of ether oxygens (including phenoxy) is 3. The standard InChI is InChI=1S/C24H35N5O8S/c1-23(2,3)36-21(31)25-13-18-19(11-17(27(18)7)20(30)35-8)38(33,34)28-10-9-16-15(14-28)12-26-29(16)22(32)37-24(4,5)6/h11-12H,9-10,13-14H2,1-8H3,(H,25,31). The van der Waals surface area contributed by atoms with Gasteiger partial charge in [-0.2, -0.15) is 14.1 Å². The van der Waals surface area contributed by atoms with Crippen molar-refractivity contribution < 1.29 is 37.0 Å². The summed E-state index contributed by atoms with van der Waals surface area (Å²) < 4.78 is 46.8. The number of alkyl carbamates (subject to hydrolysis) is 1. The third-order valence-electron chi connectivity index (χ3n) is 5.60. The van der Waals surface area contributed by atoms with E-state index in [1.807, 2.05) is 0 Å². The average molecular weight is 554 g/mol. The maximum absolute atomic E-state index is 13.8. The molecule has 0 bridgehead atoms. The monoisotopic (exact) mass is 553 g/mol. The molecule has 3 heterocycles. The van der Waals surface area contributed by atoms with Crippen molar-refractivity contribution in [3.8, 4) is 0 Å².